The van der Waals surface area contributed by atoms with E-state index in [0.717, 1.165) is 16.2 Å². The van der Waals surface area contributed by atoms with Gasteiger partial charge in [0, 0.05) is 17.7 Å². The van der Waals surface area contributed by atoms with Gasteiger partial charge in [0.25, 0.3) is 5.69 Å². The number of nitro groups is 1. The fourth-order valence-corrected chi connectivity index (χ4v) is 3.18. The molecule has 2 heterocycles. The lowest BCUT2D eigenvalue weighted by molar-refractivity contribution is -0.384. The number of non-ortho nitro benzene ring substituents is 1. The van der Waals surface area contributed by atoms with Crippen LogP contribution < -0.4 is 0 Å². The van der Waals surface area contributed by atoms with Crippen molar-refractivity contribution in [1.82, 2.24) is 20.1 Å². The lowest BCUT2D eigenvalue weighted by atomic mass is 10.2. The standard InChI is InChI=1S/C17H13N5O3S/c1-10-2-7-13-14(8-10)19-17(18-13)26-9-15-20-16(21-25-15)11-3-5-12(6-4-11)22(23)24/h2-8H,9H2,1H3,(H,18,19). The molecule has 0 saturated heterocycles. The summed E-state index contributed by atoms with van der Waals surface area (Å²) in [5.41, 5.74) is 3.75. The van der Waals surface area contributed by atoms with Crippen LogP contribution in [0.25, 0.3) is 22.4 Å². The molecule has 0 amide bonds. The number of H-pyrrole nitrogens is 1. The van der Waals surface area contributed by atoms with Gasteiger partial charge in [0.2, 0.25) is 11.7 Å². The molecule has 2 aromatic heterocycles. The normalized spacial score (nSPS) is 11.1. The highest BCUT2D eigenvalue weighted by molar-refractivity contribution is 7.98. The van der Waals surface area contributed by atoms with Crippen LogP contribution in [-0.2, 0) is 5.75 Å². The zero-order valence-electron chi connectivity index (χ0n) is 13.7. The Morgan fingerprint density at radius 2 is 2.00 bits per heavy atom. The molecule has 0 radical (unpaired) electrons. The number of imidazole rings is 1. The molecule has 26 heavy (non-hydrogen) atoms. The van der Waals surface area contributed by atoms with Crippen molar-refractivity contribution in [1.29, 1.82) is 0 Å². The summed E-state index contributed by atoms with van der Waals surface area (Å²) >= 11 is 1.47. The lowest BCUT2D eigenvalue weighted by Gasteiger charge is -1.94. The Bertz CT molecular complexity index is 1090. The number of aryl methyl sites for hydroxylation is 1. The van der Waals surface area contributed by atoms with Crippen molar-refractivity contribution in [3.8, 4) is 11.4 Å². The Hall–Kier alpha value is -3.20. The summed E-state index contributed by atoms with van der Waals surface area (Å²) in [6.45, 7) is 2.03. The molecule has 2 aromatic carbocycles. The van der Waals surface area contributed by atoms with E-state index in [1.165, 1.54) is 29.5 Å². The largest absolute Gasteiger partial charge is 0.338 e. The fourth-order valence-electron chi connectivity index (χ4n) is 2.46. The predicted octanol–water partition coefficient (Wildman–Crippen LogP) is 4.12. The van der Waals surface area contributed by atoms with Gasteiger partial charge in [-0.2, -0.15) is 4.98 Å². The van der Waals surface area contributed by atoms with E-state index in [2.05, 4.69) is 20.1 Å². The van der Waals surface area contributed by atoms with E-state index >= 15 is 0 Å². The number of benzene rings is 2. The molecule has 0 unspecified atom stereocenters. The van der Waals surface area contributed by atoms with Crippen LogP contribution in [0, 0.1) is 17.0 Å². The van der Waals surface area contributed by atoms with Gasteiger partial charge >= 0.3 is 0 Å². The summed E-state index contributed by atoms with van der Waals surface area (Å²) in [5, 5.41) is 15.4. The first-order valence-electron chi connectivity index (χ1n) is 7.75. The van der Waals surface area contributed by atoms with Crippen LogP contribution >= 0.6 is 11.8 Å². The molecule has 0 fully saturated rings. The molecule has 8 nitrogen and oxygen atoms in total. The minimum Gasteiger partial charge on any atom is -0.338 e. The number of hydrogen-bond acceptors (Lipinski definition) is 7. The van der Waals surface area contributed by atoms with Gasteiger partial charge in [0.1, 0.15) is 0 Å². The lowest BCUT2D eigenvalue weighted by Crippen LogP contribution is -1.88. The van der Waals surface area contributed by atoms with Crippen molar-refractivity contribution in [2.75, 3.05) is 0 Å². The van der Waals surface area contributed by atoms with Gasteiger partial charge in [-0.05, 0) is 36.8 Å². The zero-order chi connectivity index (χ0) is 18.1. The van der Waals surface area contributed by atoms with Crippen molar-refractivity contribution in [3.63, 3.8) is 0 Å². The number of thioether (sulfide) groups is 1. The molecular formula is C17H13N5O3S. The Morgan fingerprint density at radius 3 is 2.77 bits per heavy atom. The summed E-state index contributed by atoms with van der Waals surface area (Å²) in [5.74, 6) is 1.33. The molecule has 0 aliphatic carbocycles. The van der Waals surface area contributed by atoms with E-state index in [1.807, 2.05) is 25.1 Å². The third-order valence-electron chi connectivity index (χ3n) is 3.75. The van der Waals surface area contributed by atoms with Gasteiger partial charge in [-0.15, -0.1) is 0 Å². The van der Waals surface area contributed by atoms with Crippen molar-refractivity contribution >= 4 is 28.5 Å². The number of nitro benzene ring substituents is 1. The summed E-state index contributed by atoms with van der Waals surface area (Å²) in [6.07, 6.45) is 0. The minimum absolute atomic E-state index is 0.0214. The van der Waals surface area contributed by atoms with Crippen LogP contribution in [0.3, 0.4) is 0 Å². The highest BCUT2D eigenvalue weighted by atomic mass is 32.2. The topological polar surface area (TPSA) is 111 Å². The van der Waals surface area contributed by atoms with Gasteiger partial charge in [0.05, 0.1) is 21.7 Å². The highest BCUT2D eigenvalue weighted by Crippen LogP contribution is 2.25. The zero-order valence-corrected chi connectivity index (χ0v) is 14.5. The maximum atomic E-state index is 10.7. The fraction of sp³-hybridized carbons (Fsp3) is 0.118. The van der Waals surface area contributed by atoms with Crippen molar-refractivity contribution in [2.45, 2.75) is 17.8 Å². The van der Waals surface area contributed by atoms with Crippen molar-refractivity contribution in [3.05, 3.63) is 64.0 Å². The molecule has 4 aromatic rings. The molecule has 9 heteroatoms. The molecule has 1 N–H and O–H groups in total. The second kappa shape index (κ2) is 6.60. The summed E-state index contributed by atoms with van der Waals surface area (Å²) in [7, 11) is 0. The summed E-state index contributed by atoms with van der Waals surface area (Å²) < 4.78 is 5.25. The molecule has 0 aliphatic heterocycles. The van der Waals surface area contributed by atoms with Gasteiger partial charge in [-0.25, -0.2) is 4.98 Å². The maximum absolute atomic E-state index is 10.7. The highest BCUT2D eigenvalue weighted by Gasteiger charge is 2.12. The quantitative estimate of drug-likeness (QED) is 0.321. The van der Waals surface area contributed by atoms with Gasteiger partial charge in [-0.1, -0.05) is 23.0 Å². The first-order valence-corrected chi connectivity index (χ1v) is 8.73. The predicted molar refractivity (Wildman–Crippen MR) is 96.8 cm³/mol. The van der Waals surface area contributed by atoms with E-state index in [-0.39, 0.29) is 5.69 Å². The SMILES string of the molecule is Cc1ccc2nc(SCc3nc(-c4ccc([N+](=O)[O-])cc4)no3)[nH]c2c1. The minimum atomic E-state index is -0.448. The van der Waals surface area contributed by atoms with Gasteiger partial charge < -0.3 is 9.51 Å². The number of nitrogens with zero attached hydrogens (tertiary/aromatic N) is 4. The molecule has 0 spiro atoms. The summed E-state index contributed by atoms with van der Waals surface area (Å²) in [6, 6.07) is 12.1. The first-order chi connectivity index (χ1) is 12.6. The van der Waals surface area contributed by atoms with E-state index in [4.69, 9.17) is 4.52 Å². The smallest absolute Gasteiger partial charge is 0.269 e. The molecule has 4 rings (SSSR count). The van der Waals surface area contributed by atoms with Crippen LogP contribution in [0.15, 0.2) is 52.1 Å². The van der Waals surface area contributed by atoms with Crippen LogP contribution in [0.1, 0.15) is 11.5 Å². The molecule has 0 atom stereocenters. The molecular weight excluding hydrogens is 354 g/mol. The van der Waals surface area contributed by atoms with Crippen LogP contribution in [0.2, 0.25) is 0 Å². The third-order valence-corrected chi connectivity index (χ3v) is 4.61. The van der Waals surface area contributed by atoms with Gasteiger partial charge in [0.15, 0.2) is 5.16 Å². The second-order valence-corrected chi connectivity index (χ2v) is 6.63. The number of fused-ring (bicyclic) bond motifs is 1. The summed E-state index contributed by atoms with van der Waals surface area (Å²) in [4.78, 5) is 22.4. The van der Waals surface area contributed by atoms with Crippen molar-refractivity contribution < 1.29 is 9.45 Å². The van der Waals surface area contributed by atoms with Gasteiger partial charge in [-0.3, -0.25) is 10.1 Å². The number of aromatic amines is 1. The number of hydrogen-bond donors (Lipinski definition) is 1. The monoisotopic (exact) mass is 367 g/mol. The maximum Gasteiger partial charge on any atom is 0.269 e. The molecule has 0 saturated carbocycles. The average molecular weight is 367 g/mol. The Morgan fingerprint density at radius 1 is 1.19 bits per heavy atom. The number of rotatable bonds is 5. The second-order valence-electron chi connectivity index (χ2n) is 5.67. The molecule has 130 valence electrons. The molecule has 0 aliphatic rings. The van der Waals surface area contributed by atoms with E-state index in [1.54, 1.807) is 12.1 Å². The Labute approximate surface area is 151 Å². The van der Waals surface area contributed by atoms with Crippen molar-refractivity contribution in [2.24, 2.45) is 0 Å². The van der Waals surface area contributed by atoms with E-state index in [9.17, 15) is 10.1 Å². The van der Waals surface area contributed by atoms with Crippen LogP contribution in [0.5, 0.6) is 0 Å². The molecule has 0 bridgehead atoms. The van der Waals surface area contributed by atoms with Crippen LogP contribution in [-0.4, -0.2) is 25.0 Å². The Kier molecular flexibility index (Phi) is 4.13. The average Bonchev–Trinajstić information content (AvgIpc) is 3.26. The number of aromatic nitrogens is 4. The van der Waals surface area contributed by atoms with E-state index < -0.39 is 4.92 Å². The Balaban J connectivity index is 1.46. The first kappa shape index (κ1) is 16.3. The van der Waals surface area contributed by atoms with E-state index in [0.29, 0.717) is 23.0 Å². The number of nitrogens with one attached hydrogen (secondary N) is 1. The third kappa shape index (κ3) is 3.29. The van der Waals surface area contributed by atoms with Crippen LogP contribution in [0.4, 0.5) is 5.69 Å².